The van der Waals surface area contributed by atoms with Gasteiger partial charge in [0, 0.05) is 25.1 Å². The largest absolute Gasteiger partial charge is 1.00 e. The summed E-state index contributed by atoms with van der Waals surface area (Å²) >= 11 is 0. The van der Waals surface area contributed by atoms with Crippen LogP contribution in [0.25, 0.3) is 10.9 Å². The molecule has 0 aliphatic rings. The summed E-state index contributed by atoms with van der Waals surface area (Å²) in [5.41, 5.74) is 2.37. The van der Waals surface area contributed by atoms with E-state index in [-0.39, 0.29) is 29.9 Å². The summed E-state index contributed by atoms with van der Waals surface area (Å²) in [6.45, 7) is 2.52. The van der Waals surface area contributed by atoms with Crippen LogP contribution in [0.5, 0.6) is 5.75 Å². The van der Waals surface area contributed by atoms with Gasteiger partial charge in [-0.1, -0.05) is 6.92 Å². The minimum absolute atomic E-state index is 0. The number of hydrogen-bond donors (Lipinski definition) is 1. The molecule has 0 bridgehead atoms. The van der Waals surface area contributed by atoms with Gasteiger partial charge in [0.25, 0.3) is 0 Å². The van der Waals surface area contributed by atoms with Gasteiger partial charge in [-0.25, -0.2) is 4.57 Å². The Labute approximate surface area is 142 Å². The van der Waals surface area contributed by atoms with Crippen LogP contribution in [-0.4, -0.2) is 19.6 Å². The number of aromatic nitrogens is 1. The molecule has 1 aromatic heterocycles. The van der Waals surface area contributed by atoms with E-state index < -0.39 is 0 Å². The van der Waals surface area contributed by atoms with E-state index in [2.05, 4.69) is 22.0 Å². The summed E-state index contributed by atoms with van der Waals surface area (Å²) in [4.78, 5) is 11.3. The lowest BCUT2D eigenvalue weighted by molar-refractivity contribution is -0.644. The number of carbonyl (C=O) groups excluding carboxylic acids is 1. The van der Waals surface area contributed by atoms with E-state index >= 15 is 0 Å². The topological polar surface area (TPSA) is 42.2 Å². The summed E-state index contributed by atoms with van der Waals surface area (Å²) in [7, 11) is 3.70. The third kappa shape index (κ3) is 4.30. The van der Waals surface area contributed by atoms with Gasteiger partial charge < -0.3 is 34.0 Å². The molecule has 1 amide bonds. The molecular formula is C16H21IN2O2. The first-order valence-corrected chi connectivity index (χ1v) is 6.87. The quantitative estimate of drug-likeness (QED) is 0.504. The molecule has 114 valence electrons. The lowest BCUT2D eigenvalue weighted by Gasteiger charge is -2.08. The number of ether oxygens (including phenoxy) is 1. The van der Waals surface area contributed by atoms with E-state index in [4.69, 9.17) is 4.74 Å². The van der Waals surface area contributed by atoms with E-state index in [1.807, 2.05) is 32.3 Å². The number of fused-ring (bicyclic) bond motifs is 1. The number of nitrogens with zero attached hydrogens (tertiary/aromatic N) is 1. The third-order valence-electron chi connectivity index (χ3n) is 3.47. The Bertz CT molecular complexity index is 629. The number of benzene rings is 1. The van der Waals surface area contributed by atoms with Crippen molar-refractivity contribution in [1.82, 2.24) is 5.32 Å². The van der Waals surface area contributed by atoms with Crippen molar-refractivity contribution in [2.45, 2.75) is 19.8 Å². The molecule has 1 aromatic carbocycles. The number of hydrogen-bond acceptors (Lipinski definition) is 2. The highest BCUT2D eigenvalue weighted by Gasteiger charge is 2.11. The number of methoxy groups -OCH3 is 1. The third-order valence-corrected chi connectivity index (χ3v) is 3.47. The van der Waals surface area contributed by atoms with Crippen LogP contribution < -0.4 is 38.6 Å². The molecule has 0 atom stereocenters. The summed E-state index contributed by atoms with van der Waals surface area (Å²) in [5, 5.41) is 4.08. The Morgan fingerprint density at radius 3 is 2.76 bits per heavy atom. The molecule has 21 heavy (non-hydrogen) atoms. The fourth-order valence-corrected chi connectivity index (χ4v) is 2.26. The molecule has 0 fully saturated rings. The number of carbonyl (C=O) groups is 1. The summed E-state index contributed by atoms with van der Waals surface area (Å²) in [6, 6.07) is 8.17. The van der Waals surface area contributed by atoms with E-state index in [0.717, 1.165) is 17.7 Å². The molecule has 0 aliphatic heterocycles. The Morgan fingerprint density at radius 2 is 2.10 bits per heavy atom. The molecule has 0 unspecified atom stereocenters. The fourth-order valence-electron chi connectivity index (χ4n) is 2.26. The molecule has 0 aliphatic carbocycles. The zero-order valence-electron chi connectivity index (χ0n) is 12.6. The second-order valence-corrected chi connectivity index (χ2v) is 4.79. The smallest absolute Gasteiger partial charge is 0.219 e. The average Bonchev–Trinajstić information content (AvgIpc) is 2.49. The van der Waals surface area contributed by atoms with Crippen LogP contribution in [0, 0.1) is 0 Å². The van der Waals surface area contributed by atoms with Crippen LogP contribution in [0.3, 0.4) is 0 Å². The second-order valence-electron chi connectivity index (χ2n) is 4.79. The zero-order chi connectivity index (χ0) is 14.5. The Hall–Kier alpha value is -1.37. The van der Waals surface area contributed by atoms with Crippen molar-refractivity contribution >= 4 is 16.8 Å². The van der Waals surface area contributed by atoms with Gasteiger partial charge in [-0.3, -0.25) is 4.79 Å². The summed E-state index contributed by atoms with van der Waals surface area (Å²) < 4.78 is 7.38. The molecule has 5 heteroatoms. The van der Waals surface area contributed by atoms with Crippen LogP contribution >= 0.6 is 0 Å². The lowest BCUT2D eigenvalue weighted by atomic mass is 10.1. The number of nitrogens with one attached hydrogen (secondary N) is 1. The fraction of sp³-hybridized carbons (Fsp3) is 0.375. The summed E-state index contributed by atoms with van der Waals surface area (Å²) in [5.74, 6) is 0.941. The molecule has 2 aromatic rings. The normalized spacial score (nSPS) is 10.0. The SMILES string of the molecule is CCC(=O)NCCc1cc[n+](C)c2ccc(OC)cc12.[I-]. The number of aryl methyl sites for hydroxylation is 1. The molecule has 0 saturated heterocycles. The highest BCUT2D eigenvalue weighted by atomic mass is 127. The zero-order valence-corrected chi connectivity index (χ0v) is 14.8. The van der Waals surface area contributed by atoms with Crippen molar-refractivity contribution in [3.63, 3.8) is 0 Å². The molecule has 4 nitrogen and oxygen atoms in total. The summed E-state index contributed by atoms with van der Waals surface area (Å²) in [6.07, 6.45) is 3.39. The molecule has 1 N–H and O–H groups in total. The minimum Gasteiger partial charge on any atom is -1.00 e. The average molecular weight is 400 g/mol. The Morgan fingerprint density at radius 1 is 1.33 bits per heavy atom. The Kier molecular flexibility index (Phi) is 6.87. The maximum Gasteiger partial charge on any atom is 0.219 e. The molecule has 0 spiro atoms. The number of halogens is 1. The van der Waals surface area contributed by atoms with Crippen molar-refractivity contribution in [2.75, 3.05) is 13.7 Å². The van der Waals surface area contributed by atoms with Crippen LogP contribution in [0.1, 0.15) is 18.9 Å². The van der Waals surface area contributed by atoms with Gasteiger partial charge in [0.1, 0.15) is 12.8 Å². The highest BCUT2D eigenvalue weighted by Crippen LogP contribution is 2.21. The Balaban J connectivity index is 0.00000220. The van der Waals surface area contributed by atoms with Crippen LogP contribution in [0.2, 0.25) is 0 Å². The van der Waals surface area contributed by atoms with Crippen LogP contribution in [0.15, 0.2) is 30.5 Å². The van der Waals surface area contributed by atoms with Gasteiger partial charge in [-0.15, -0.1) is 0 Å². The van der Waals surface area contributed by atoms with E-state index in [0.29, 0.717) is 13.0 Å². The molecule has 1 heterocycles. The standard InChI is InChI=1S/C16H20N2O2.HI/c1-4-16(19)17-9-7-12-8-10-18(2)15-6-5-13(20-3)11-14(12)15;/h5-6,8,10-11H,4,7,9H2,1-3H3;1H. The lowest BCUT2D eigenvalue weighted by Crippen LogP contribution is -3.00. The van der Waals surface area contributed by atoms with E-state index in [1.165, 1.54) is 10.9 Å². The van der Waals surface area contributed by atoms with E-state index in [9.17, 15) is 4.79 Å². The van der Waals surface area contributed by atoms with Crippen LogP contribution in [0.4, 0.5) is 0 Å². The van der Waals surface area contributed by atoms with Crippen molar-refractivity contribution in [3.05, 3.63) is 36.0 Å². The number of pyridine rings is 1. The number of amides is 1. The van der Waals surface area contributed by atoms with Gasteiger partial charge in [0.15, 0.2) is 6.20 Å². The highest BCUT2D eigenvalue weighted by molar-refractivity contribution is 5.81. The first kappa shape index (κ1) is 17.7. The second kappa shape index (κ2) is 8.17. The predicted octanol–water partition coefficient (Wildman–Crippen LogP) is -1.25. The first-order chi connectivity index (χ1) is 9.65. The molecule has 0 saturated carbocycles. The van der Waals surface area contributed by atoms with Crippen molar-refractivity contribution in [1.29, 1.82) is 0 Å². The van der Waals surface area contributed by atoms with Gasteiger partial charge in [-0.2, -0.15) is 0 Å². The predicted molar refractivity (Wildman–Crippen MR) is 78.7 cm³/mol. The molecular weight excluding hydrogens is 379 g/mol. The van der Waals surface area contributed by atoms with Gasteiger partial charge in [-0.05, 0) is 24.1 Å². The molecule has 2 rings (SSSR count). The van der Waals surface area contributed by atoms with Gasteiger partial charge >= 0.3 is 0 Å². The van der Waals surface area contributed by atoms with Gasteiger partial charge in [0.2, 0.25) is 11.4 Å². The monoisotopic (exact) mass is 400 g/mol. The van der Waals surface area contributed by atoms with Crippen LogP contribution in [-0.2, 0) is 18.3 Å². The first-order valence-electron chi connectivity index (χ1n) is 6.87. The van der Waals surface area contributed by atoms with Gasteiger partial charge in [0.05, 0.1) is 12.5 Å². The molecule has 0 radical (unpaired) electrons. The van der Waals surface area contributed by atoms with Crippen molar-refractivity contribution in [3.8, 4) is 5.75 Å². The van der Waals surface area contributed by atoms with Crippen molar-refractivity contribution in [2.24, 2.45) is 7.05 Å². The van der Waals surface area contributed by atoms with E-state index in [1.54, 1.807) is 7.11 Å². The van der Waals surface area contributed by atoms with Crippen molar-refractivity contribution < 1.29 is 38.1 Å². The minimum atomic E-state index is 0. The maximum atomic E-state index is 11.3. The maximum absolute atomic E-state index is 11.3. The number of rotatable bonds is 5.